The van der Waals surface area contributed by atoms with Crippen LogP contribution in [0.1, 0.15) is 31.7 Å². The molecule has 0 aliphatic heterocycles. The number of unbranched alkanes of at least 4 members (excludes halogenated alkanes) is 1. The lowest BCUT2D eigenvalue weighted by Gasteiger charge is -2.13. The highest BCUT2D eigenvalue weighted by Gasteiger charge is 2.11. The summed E-state index contributed by atoms with van der Waals surface area (Å²) in [7, 11) is 3.12. The van der Waals surface area contributed by atoms with E-state index in [1.165, 1.54) is 0 Å². The summed E-state index contributed by atoms with van der Waals surface area (Å²) < 4.78 is 10.5. The summed E-state index contributed by atoms with van der Waals surface area (Å²) >= 11 is 0. The van der Waals surface area contributed by atoms with Crippen LogP contribution in [0.3, 0.4) is 0 Å². The van der Waals surface area contributed by atoms with Crippen molar-refractivity contribution in [3.8, 4) is 11.5 Å². The van der Waals surface area contributed by atoms with E-state index in [-0.39, 0.29) is 18.2 Å². The Balaban J connectivity index is 2.04. The normalized spacial score (nSPS) is 10.2. The first-order valence-corrected chi connectivity index (χ1v) is 8.97. The van der Waals surface area contributed by atoms with Crippen molar-refractivity contribution in [3.63, 3.8) is 0 Å². The summed E-state index contributed by atoms with van der Waals surface area (Å²) in [4.78, 5) is 24.4. The molecule has 2 amide bonds. The van der Waals surface area contributed by atoms with Crippen LogP contribution in [0.25, 0.3) is 0 Å². The van der Waals surface area contributed by atoms with E-state index < -0.39 is 0 Å². The summed E-state index contributed by atoms with van der Waals surface area (Å²) in [5, 5.41) is 5.72. The van der Waals surface area contributed by atoms with Gasteiger partial charge in [0.15, 0.2) is 11.5 Å². The van der Waals surface area contributed by atoms with Gasteiger partial charge in [0.05, 0.1) is 32.0 Å². The van der Waals surface area contributed by atoms with E-state index >= 15 is 0 Å². The molecule has 0 heterocycles. The molecule has 0 aromatic heterocycles. The van der Waals surface area contributed by atoms with Gasteiger partial charge in [-0.3, -0.25) is 9.59 Å². The standard InChI is InChI=1S/C21H26N2O4/c1-4-5-10-20(24)22-16-8-6-7-9-17(16)23-21(25)14-15-11-12-18(26-2)19(13-15)27-3/h6-9,11-13H,4-5,10,14H2,1-3H3,(H,22,24)(H,23,25). The first-order valence-electron chi connectivity index (χ1n) is 8.97. The van der Waals surface area contributed by atoms with Crippen molar-refractivity contribution in [1.82, 2.24) is 0 Å². The van der Waals surface area contributed by atoms with Crippen molar-refractivity contribution in [2.45, 2.75) is 32.6 Å². The second-order valence-electron chi connectivity index (χ2n) is 6.11. The van der Waals surface area contributed by atoms with Gasteiger partial charge < -0.3 is 20.1 Å². The minimum absolute atomic E-state index is 0.0570. The maximum atomic E-state index is 12.5. The molecule has 0 aliphatic carbocycles. The molecule has 0 aliphatic rings. The first-order chi connectivity index (χ1) is 13.1. The lowest BCUT2D eigenvalue weighted by Crippen LogP contribution is -2.17. The zero-order valence-electron chi connectivity index (χ0n) is 16.0. The van der Waals surface area contributed by atoms with E-state index in [0.717, 1.165) is 18.4 Å². The van der Waals surface area contributed by atoms with E-state index in [1.807, 2.05) is 25.1 Å². The summed E-state index contributed by atoms with van der Waals surface area (Å²) in [6.45, 7) is 2.04. The zero-order chi connectivity index (χ0) is 19.6. The number of ether oxygens (including phenoxy) is 2. The molecule has 0 bridgehead atoms. The van der Waals surface area contributed by atoms with Crippen LogP contribution in [0.2, 0.25) is 0 Å². The number of carbonyl (C=O) groups excluding carboxylic acids is 2. The molecule has 6 nitrogen and oxygen atoms in total. The number of carbonyl (C=O) groups is 2. The Morgan fingerprint density at radius 1 is 0.889 bits per heavy atom. The van der Waals surface area contributed by atoms with Crippen molar-refractivity contribution in [1.29, 1.82) is 0 Å². The SMILES string of the molecule is CCCCC(=O)Nc1ccccc1NC(=O)Cc1ccc(OC)c(OC)c1. The van der Waals surface area contributed by atoms with Crippen LogP contribution in [0.4, 0.5) is 11.4 Å². The third-order valence-electron chi connectivity index (χ3n) is 4.05. The molecule has 2 aromatic carbocycles. The predicted octanol–water partition coefficient (Wildman–Crippen LogP) is 4.01. The molecule has 0 unspecified atom stereocenters. The molecule has 2 aromatic rings. The molecule has 0 spiro atoms. The molecule has 2 N–H and O–H groups in total. The molecule has 0 atom stereocenters. The van der Waals surface area contributed by atoms with Gasteiger partial charge in [0, 0.05) is 6.42 Å². The second kappa shape index (κ2) is 10.2. The topological polar surface area (TPSA) is 76.7 Å². The zero-order valence-corrected chi connectivity index (χ0v) is 16.0. The van der Waals surface area contributed by atoms with Crippen LogP contribution >= 0.6 is 0 Å². The van der Waals surface area contributed by atoms with Crippen LogP contribution in [-0.2, 0) is 16.0 Å². The smallest absolute Gasteiger partial charge is 0.228 e. The number of hydrogen-bond donors (Lipinski definition) is 2. The number of benzene rings is 2. The summed E-state index contributed by atoms with van der Waals surface area (Å²) in [6, 6.07) is 12.5. The van der Waals surface area contributed by atoms with E-state index in [4.69, 9.17) is 9.47 Å². The largest absolute Gasteiger partial charge is 0.493 e. The number of para-hydroxylation sites is 2. The average Bonchev–Trinajstić information content (AvgIpc) is 2.67. The molecule has 2 rings (SSSR count). The third kappa shape index (κ3) is 6.02. The van der Waals surface area contributed by atoms with Gasteiger partial charge in [0.1, 0.15) is 0 Å². The fourth-order valence-electron chi connectivity index (χ4n) is 2.62. The fourth-order valence-corrected chi connectivity index (χ4v) is 2.62. The van der Waals surface area contributed by atoms with Crippen LogP contribution < -0.4 is 20.1 Å². The molecule has 6 heteroatoms. The molecular formula is C21H26N2O4. The lowest BCUT2D eigenvalue weighted by molar-refractivity contribution is -0.117. The van der Waals surface area contributed by atoms with Gasteiger partial charge in [-0.05, 0) is 36.2 Å². The first kappa shape index (κ1) is 20.3. The van der Waals surface area contributed by atoms with E-state index in [1.54, 1.807) is 38.5 Å². The van der Waals surface area contributed by atoms with Crippen LogP contribution in [0.15, 0.2) is 42.5 Å². The number of anilines is 2. The van der Waals surface area contributed by atoms with Gasteiger partial charge >= 0.3 is 0 Å². The Morgan fingerprint density at radius 2 is 1.52 bits per heavy atom. The van der Waals surface area contributed by atoms with E-state index in [9.17, 15) is 9.59 Å². The molecule has 0 saturated heterocycles. The molecular weight excluding hydrogens is 344 g/mol. The number of nitrogens with one attached hydrogen (secondary N) is 2. The van der Waals surface area contributed by atoms with E-state index in [2.05, 4.69) is 10.6 Å². The molecule has 144 valence electrons. The average molecular weight is 370 g/mol. The Hall–Kier alpha value is -3.02. The summed E-state index contributed by atoms with van der Waals surface area (Å²) in [6.07, 6.45) is 2.43. The summed E-state index contributed by atoms with van der Waals surface area (Å²) in [5.41, 5.74) is 1.97. The lowest BCUT2D eigenvalue weighted by atomic mass is 10.1. The van der Waals surface area contributed by atoms with Crippen LogP contribution in [0, 0.1) is 0 Å². The molecule has 0 radical (unpaired) electrons. The quantitative estimate of drug-likeness (QED) is 0.699. The maximum Gasteiger partial charge on any atom is 0.228 e. The van der Waals surface area contributed by atoms with Gasteiger partial charge in [-0.15, -0.1) is 0 Å². The Bertz CT molecular complexity index is 790. The Morgan fingerprint density at radius 3 is 2.11 bits per heavy atom. The van der Waals surface area contributed by atoms with Crippen molar-refractivity contribution in [2.75, 3.05) is 24.9 Å². The van der Waals surface area contributed by atoms with Gasteiger partial charge in [-0.25, -0.2) is 0 Å². The highest BCUT2D eigenvalue weighted by Crippen LogP contribution is 2.28. The number of hydrogen-bond acceptors (Lipinski definition) is 4. The minimum Gasteiger partial charge on any atom is -0.493 e. The van der Waals surface area contributed by atoms with Crippen molar-refractivity contribution >= 4 is 23.2 Å². The van der Waals surface area contributed by atoms with Gasteiger partial charge in [0.25, 0.3) is 0 Å². The van der Waals surface area contributed by atoms with Gasteiger partial charge in [-0.1, -0.05) is 31.5 Å². The predicted molar refractivity (Wildman–Crippen MR) is 106 cm³/mol. The second-order valence-corrected chi connectivity index (χ2v) is 6.11. The number of amides is 2. The Labute approximate surface area is 159 Å². The van der Waals surface area contributed by atoms with Crippen molar-refractivity contribution in [2.24, 2.45) is 0 Å². The fraction of sp³-hybridized carbons (Fsp3) is 0.333. The van der Waals surface area contributed by atoms with E-state index in [0.29, 0.717) is 29.3 Å². The monoisotopic (exact) mass is 370 g/mol. The third-order valence-corrected chi connectivity index (χ3v) is 4.05. The number of methoxy groups -OCH3 is 2. The summed E-state index contributed by atoms with van der Waals surface area (Å²) in [5.74, 6) is 0.948. The minimum atomic E-state index is -0.183. The highest BCUT2D eigenvalue weighted by molar-refractivity contribution is 6.00. The van der Waals surface area contributed by atoms with Crippen molar-refractivity contribution < 1.29 is 19.1 Å². The number of rotatable bonds is 9. The highest BCUT2D eigenvalue weighted by atomic mass is 16.5. The van der Waals surface area contributed by atoms with Crippen molar-refractivity contribution in [3.05, 3.63) is 48.0 Å². The molecule has 0 saturated carbocycles. The Kier molecular flexibility index (Phi) is 7.67. The van der Waals surface area contributed by atoms with Crippen LogP contribution in [0.5, 0.6) is 11.5 Å². The van der Waals surface area contributed by atoms with Crippen LogP contribution in [-0.4, -0.2) is 26.0 Å². The molecule has 0 fully saturated rings. The van der Waals surface area contributed by atoms with Gasteiger partial charge in [-0.2, -0.15) is 0 Å². The maximum absolute atomic E-state index is 12.5. The van der Waals surface area contributed by atoms with Gasteiger partial charge in [0.2, 0.25) is 11.8 Å². The molecule has 27 heavy (non-hydrogen) atoms.